The van der Waals surface area contributed by atoms with Gasteiger partial charge in [0.15, 0.2) is 11.6 Å². The molecule has 5 heteroatoms. The van der Waals surface area contributed by atoms with Gasteiger partial charge in [0.2, 0.25) is 0 Å². The molecule has 1 saturated carbocycles. The smallest absolute Gasteiger partial charge is 0.166 e. The molecule has 1 aliphatic rings. The maximum atomic E-state index is 13.1. The molecule has 0 atom stereocenters. The Morgan fingerprint density at radius 3 is 2.33 bits per heavy atom. The molecule has 0 aliphatic heterocycles. The first-order valence-corrected chi connectivity index (χ1v) is 4.54. The summed E-state index contributed by atoms with van der Waals surface area (Å²) in [5.74, 6) is -2.78. The lowest BCUT2D eigenvalue weighted by atomic mass is 10.2. The number of nitrogens with one attached hydrogen (secondary N) is 1. The van der Waals surface area contributed by atoms with Crippen molar-refractivity contribution >= 4 is 12.4 Å². The van der Waals surface area contributed by atoms with Crippen LogP contribution < -0.4 is 5.32 Å². The molecular weight excluding hydrogens is 227 g/mol. The van der Waals surface area contributed by atoms with E-state index in [-0.39, 0.29) is 24.5 Å². The average Bonchev–Trinajstić information content (AvgIpc) is 2.95. The van der Waals surface area contributed by atoms with Crippen LogP contribution in [0.15, 0.2) is 12.1 Å². The van der Waals surface area contributed by atoms with Gasteiger partial charge in [0.25, 0.3) is 0 Å². The summed E-state index contributed by atoms with van der Waals surface area (Å²) >= 11 is 0. The lowest BCUT2D eigenvalue weighted by Gasteiger charge is -2.06. The van der Waals surface area contributed by atoms with Gasteiger partial charge in [-0.1, -0.05) is 0 Å². The van der Waals surface area contributed by atoms with Gasteiger partial charge >= 0.3 is 0 Å². The van der Waals surface area contributed by atoms with E-state index in [1.54, 1.807) is 0 Å². The van der Waals surface area contributed by atoms with Crippen LogP contribution in [-0.4, -0.2) is 6.04 Å². The zero-order chi connectivity index (χ0) is 10.1. The normalized spacial score (nSPS) is 14.9. The van der Waals surface area contributed by atoms with Gasteiger partial charge in [-0.05, 0) is 25.0 Å². The van der Waals surface area contributed by atoms with Gasteiger partial charge < -0.3 is 5.32 Å². The minimum atomic E-state index is -1.09. The predicted molar refractivity (Wildman–Crippen MR) is 53.4 cm³/mol. The number of rotatable bonds is 3. The first kappa shape index (κ1) is 12.3. The Labute approximate surface area is 92.1 Å². The lowest BCUT2D eigenvalue weighted by molar-refractivity contribution is 0.471. The van der Waals surface area contributed by atoms with Gasteiger partial charge in [-0.25, -0.2) is 13.2 Å². The number of benzene rings is 1. The van der Waals surface area contributed by atoms with Crippen molar-refractivity contribution in [2.24, 2.45) is 0 Å². The molecule has 0 bridgehead atoms. The van der Waals surface area contributed by atoms with Crippen LogP contribution in [0.4, 0.5) is 13.2 Å². The van der Waals surface area contributed by atoms with Gasteiger partial charge in [0.05, 0.1) is 0 Å². The van der Waals surface area contributed by atoms with Gasteiger partial charge in [-0.2, -0.15) is 0 Å². The second-order valence-corrected chi connectivity index (χ2v) is 3.48. The highest BCUT2D eigenvalue weighted by Crippen LogP contribution is 2.21. The van der Waals surface area contributed by atoms with Crippen molar-refractivity contribution in [3.63, 3.8) is 0 Å². The van der Waals surface area contributed by atoms with Gasteiger partial charge in [-0.3, -0.25) is 0 Å². The maximum Gasteiger partial charge on any atom is 0.166 e. The molecule has 0 radical (unpaired) electrons. The highest BCUT2D eigenvalue weighted by molar-refractivity contribution is 5.85. The van der Waals surface area contributed by atoms with Gasteiger partial charge in [0.1, 0.15) is 5.82 Å². The molecule has 0 spiro atoms. The van der Waals surface area contributed by atoms with Crippen LogP contribution in [0.2, 0.25) is 0 Å². The van der Waals surface area contributed by atoms with E-state index in [2.05, 4.69) is 5.32 Å². The fraction of sp³-hybridized carbons (Fsp3) is 0.400. The third-order valence-corrected chi connectivity index (χ3v) is 2.28. The molecule has 1 aromatic carbocycles. The van der Waals surface area contributed by atoms with Crippen LogP contribution in [0.5, 0.6) is 0 Å². The average molecular weight is 238 g/mol. The Bertz CT molecular complexity index is 353. The third kappa shape index (κ3) is 2.86. The summed E-state index contributed by atoms with van der Waals surface area (Å²) < 4.78 is 38.9. The summed E-state index contributed by atoms with van der Waals surface area (Å²) in [6.45, 7) is 0.0556. The van der Waals surface area contributed by atoms with Crippen molar-refractivity contribution in [1.82, 2.24) is 5.32 Å². The van der Waals surface area contributed by atoms with E-state index in [4.69, 9.17) is 0 Å². The van der Waals surface area contributed by atoms with Crippen LogP contribution >= 0.6 is 12.4 Å². The Hall–Kier alpha value is -0.740. The van der Waals surface area contributed by atoms with Crippen LogP contribution in [0, 0.1) is 17.5 Å². The topological polar surface area (TPSA) is 12.0 Å². The summed E-state index contributed by atoms with van der Waals surface area (Å²) in [4.78, 5) is 0. The quantitative estimate of drug-likeness (QED) is 0.798. The summed E-state index contributed by atoms with van der Waals surface area (Å²) in [7, 11) is 0. The molecule has 1 aromatic rings. The molecule has 0 amide bonds. The Morgan fingerprint density at radius 1 is 1.13 bits per heavy atom. The zero-order valence-corrected chi connectivity index (χ0v) is 8.71. The molecule has 1 fully saturated rings. The fourth-order valence-electron chi connectivity index (χ4n) is 1.26. The second-order valence-electron chi connectivity index (χ2n) is 3.48. The summed E-state index contributed by atoms with van der Waals surface area (Å²) in [5, 5.41) is 2.94. The number of hydrogen-bond donors (Lipinski definition) is 1. The van der Waals surface area contributed by atoms with Crippen molar-refractivity contribution in [1.29, 1.82) is 0 Å². The maximum absolute atomic E-state index is 13.1. The summed E-state index contributed by atoms with van der Waals surface area (Å²) in [6, 6.07) is 2.09. The Morgan fingerprint density at radius 2 is 1.73 bits per heavy atom. The van der Waals surface area contributed by atoms with Crippen LogP contribution in [0.3, 0.4) is 0 Å². The Kier molecular flexibility index (Phi) is 3.99. The Balaban J connectivity index is 0.00000112. The van der Waals surface area contributed by atoms with Gasteiger partial charge in [-0.15, -0.1) is 12.4 Å². The monoisotopic (exact) mass is 237 g/mol. The highest BCUT2D eigenvalue weighted by atomic mass is 35.5. The van der Waals surface area contributed by atoms with E-state index in [9.17, 15) is 13.2 Å². The van der Waals surface area contributed by atoms with E-state index < -0.39 is 17.5 Å². The summed E-state index contributed by atoms with van der Waals surface area (Å²) in [5.41, 5.74) is -0.211. The van der Waals surface area contributed by atoms with Crippen molar-refractivity contribution in [3.8, 4) is 0 Å². The molecule has 0 heterocycles. The molecule has 15 heavy (non-hydrogen) atoms. The molecular formula is C10H11ClF3N. The first-order valence-electron chi connectivity index (χ1n) is 4.54. The van der Waals surface area contributed by atoms with E-state index >= 15 is 0 Å². The molecule has 1 nitrogen and oxygen atoms in total. The first-order chi connectivity index (χ1) is 6.68. The van der Waals surface area contributed by atoms with Gasteiger partial charge in [0, 0.05) is 18.2 Å². The molecule has 84 valence electrons. The molecule has 1 aliphatic carbocycles. The molecule has 2 rings (SSSR count). The SMILES string of the molecule is Cl.Fc1ccc(F)c(CNC2CC2)c1F. The lowest BCUT2D eigenvalue weighted by Crippen LogP contribution is -2.17. The minimum absolute atomic E-state index is 0. The standard InChI is InChI=1S/C10H10F3N.ClH/c11-8-3-4-9(12)10(13)7(8)5-14-6-1-2-6;/h3-4,6,14H,1-2,5H2;1H. The molecule has 1 N–H and O–H groups in total. The second kappa shape index (κ2) is 4.86. The summed E-state index contributed by atoms with van der Waals surface area (Å²) in [6.07, 6.45) is 2.05. The molecule has 0 aromatic heterocycles. The van der Waals surface area contributed by atoms with E-state index in [1.807, 2.05) is 0 Å². The van der Waals surface area contributed by atoms with Crippen molar-refractivity contribution in [2.75, 3.05) is 0 Å². The van der Waals surface area contributed by atoms with E-state index in [0.717, 1.165) is 25.0 Å². The van der Waals surface area contributed by atoms with Crippen molar-refractivity contribution in [3.05, 3.63) is 35.1 Å². The van der Waals surface area contributed by atoms with Crippen LogP contribution in [0.1, 0.15) is 18.4 Å². The van der Waals surface area contributed by atoms with Crippen LogP contribution in [-0.2, 0) is 6.54 Å². The van der Waals surface area contributed by atoms with E-state index in [1.165, 1.54) is 0 Å². The fourth-order valence-corrected chi connectivity index (χ4v) is 1.26. The molecule has 0 unspecified atom stereocenters. The minimum Gasteiger partial charge on any atom is -0.310 e. The number of hydrogen-bond acceptors (Lipinski definition) is 1. The number of halogens is 4. The van der Waals surface area contributed by atoms with E-state index in [0.29, 0.717) is 6.04 Å². The largest absolute Gasteiger partial charge is 0.310 e. The molecule has 0 saturated heterocycles. The zero-order valence-electron chi connectivity index (χ0n) is 7.90. The predicted octanol–water partition coefficient (Wildman–Crippen LogP) is 2.78. The highest BCUT2D eigenvalue weighted by Gasteiger charge is 2.22. The van der Waals surface area contributed by atoms with Crippen molar-refractivity contribution in [2.45, 2.75) is 25.4 Å². The van der Waals surface area contributed by atoms with Crippen molar-refractivity contribution < 1.29 is 13.2 Å². The third-order valence-electron chi connectivity index (χ3n) is 2.28. The van der Waals surface area contributed by atoms with Crippen LogP contribution in [0.25, 0.3) is 0 Å².